The molecule has 2 rings (SSSR count). The number of rotatable bonds is 8. The van der Waals surface area contributed by atoms with E-state index in [-0.39, 0.29) is 17.0 Å². The molecule has 1 heterocycles. The molecule has 6 nitrogen and oxygen atoms in total. The summed E-state index contributed by atoms with van der Waals surface area (Å²) in [4.78, 5) is 19.2. The SMILES string of the molecule is CCN(CC)c1ccc(CNC(=O)c2ccccc2S(=O)(=O)C(C)C)cn1. The molecule has 0 saturated heterocycles. The molecule has 1 N–H and O–H groups in total. The van der Waals surface area contributed by atoms with Crippen LogP contribution in [0, 0.1) is 0 Å². The van der Waals surface area contributed by atoms with Crippen molar-refractivity contribution in [2.45, 2.75) is 44.4 Å². The van der Waals surface area contributed by atoms with Crippen molar-refractivity contribution in [3.05, 3.63) is 53.7 Å². The van der Waals surface area contributed by atoms with Gasteiger partial charge in [0, 0.05) is 25.8 Å². The topological polar surface area (TPSA) is 79.4 Å². The van der Waals surface area contributed by atoms with Crippen molar-refractivity contribution in [3.63, 3.8) is 0 Å². The first-order valence-corrected chi connectivity index (χ1v) is 10.7. The predicted octanol–water partition coefficient (Wildman–Crippen LogP) is 3.04. The minimum absolute atomic E-state index is 0.0625. The molecule has 146 valence electrons. The van der Waals surface area contributed by atoms with Crippen molar-refractivity contribution < 1.29 is 13.2 Å². The van der Waals surface area contributed by atoms with Crippen molar-refractivity contribution in [1.82, 2.24) is 10.3 Å². The Morgan fingerprint density at radius 1 is 1.11 bits per heavy atom. The maximum atomic E-state index is 12.6. The zero-order valence-corrected chi connectivity index (χ0v) is 17.1. The van der Waals surface area contributed by atoms with Gasteiger partial charge in [-0.3, -0.25) is 4.79 Å². The summed E-state index contributed by atoms with van der Waals surface area (Å²) in [5, 5.41) is 2.19. The summed E-state index contributed by atoms with van der Waals surface area (Å²) in [6, 6.07) is 10.1. The number of sulfone groups is 1. The van der Waals surface area contributed by atoms with Crippen molar-refractivity contribution >= 4 is 21.6 Å². The van der Waals surface area contributed by atoms with Gasteiger partial charge in [-0.15, -0.1) is 0 Å². The monoisotopic (exact) mass is 389 g/mol. The Labute approximate surface area is 161 Å². The van der Waals surface area contributed by atoms with Crippen LogP contribution in [0.15, 0.2) is 47.5 Å². The maximum absolute atomic E-state index is 12.6. The van der Waals surface area contributed by atoms with E-state index in [4.69, 9.17) is 0 Å². The van der Waals surface area contributed by atoms with E-state index < -0.39 is 21.0 Å². The average molecular weight is 390 g/mol. The first-order valence-electron chi connectivity index (χ1n) is 9.12. The van der Waals surface area contributed by atoms with E-state index in [0.717, 1.165) is 24.5 Å². The molecule has 0 aliphatic rings. The Hall–Kier alpha value is -2.41. The number of nitrogens with zero attached hydrogens (tertiary/aromatic N) is 2. The second kappa shape index (κ2) is 8.99. The first-order chi connectivity index (χ1) is 12.8. The van der Waals surface area contributed by atoms with Crippen LogP contribution < -0.4 is 10.2 Å². The Morgan fingerprint density at radius 3 is 2.33 bits per heavy atom. The fourth-order valence-electron chi connectivity index (χ4n) is 2.69. The number of aromatic nitrogens is 1. The molecule has 1 aromatic carbocycles. The van der Waals surface area contributed by atoms with Gasteiger partial charge < -0.3 is 10.2 Å². The van der Waals surface area contributed by atoms with E-state index >= 15 is 0 Å². The third-order valence-corrected chi connectivity index (χ3v) is 6.62. The van der Waals surface area contributed by atoms with Gasteiger partial charge in [0.05, 0.1) is 15.7 Å². The van der Waals surface area contributed by atoms with Gasteiger partial charge in [-0.05, 0) is 51.5 Å². The molecule has 0 unspecified atom stereocenters. The molecule has 27 heavy (non-hydrogen) atoms. The molecule has 0 fully saturated rings. The first kappa shape index (κ1) is 20.9. The lowest BCUT2D eigenvalue weighted by atomic mass is 10.2. The van der Waals surface area contributed by atoms with E-state index in [9.17, 15) is 13.2 Å². The van der Waals surface area contributed by atoms with Crippen molar-refractivity contribution in [3.8, 4) is 0 Å². The molecule has 0 bridgehead atoms. The van der Waals surface area contributed by atoms with Gasteiger partial charge in [0.1, 0.15) is 5.82 Å². The summed E-state index contributed by atoms with van der Waals surface area (Å²) in [5.74, 6) is 0.478. The molecule has 0 aliphatic carbocycles. The van der Waals surface area contributed by atoms with E-state index in [1.165, 1.54) is 12.1 Å². The third kappa shape index (κ3) is 4.86. The van der Waals surface area contributed by atoms with Crippen LogP contribution in [-0.4, -0.2) is 37.6 Å². The van der Waals surface area contributed by atoms with Crippen LogP contribution >= 0.6 is 0 Å². The number of pyridine rings is 1. The number of hydrogen-bond donors (Lipinski definition) is 1. The molecule has 0 spiro atoms. The minimum atomic E-state index is -3.54. The lowest BCUT2D eigenvalue weighted by Crippen LogP contribution is -2.26. The Kier molecular flexibility index (Phi) is 6.96. The number of benzene rings is 1. The molecule has 0 aliphatic heterocycles. The highest BCUT2D eigenvalue weighted by Gasteiger charge is 2.25. The third-order valence-electron chi connectivity index (χ3n) is 4.41. The summed E-state index contributed by atoms with van der Waals surface area (Å²) >= 11 is 0. The summed E-state index contributed by atoms with van der Waals surface area (Å²) in [5.41, 5.74) is 1.02. The number of anilines is 1. The standard InChI is InChI=1S/C20H27N3O3S/c1-5-23(6-2)19-12-11-16(13-21-19)14-22-20(24)17-9-7-8-10-18(17)27(25,26)15(3)4/h7-13,15H,5-6,14H2,1-4H3,(H,22,24). The van der Waals surface area contributed by atoms with E-state index in [1.54, 1.807) is 32.2 Å². The van der Waals surface area contributed by atoms with Gasteiger partial charge in [-0.25, -0.2) is 13.4 Å². The molecule has 1 amide bonds. The molecular formula is C20H27N3O3S. The van der Waals surface area contributed by atoms with Crippen molar-refractivity contribution in [2.24, 2.45) is 0 Å². The van der Waals surface area contributed by atoms with Crippen LogP contribution in [0.4, 0.5) is 5.82 Å². The van der Waals surface area contributed by atoms with Gasteiger partial charge in [0.25, 0.3) is 5.91 Å². The molecule has 0 radical (unpaired) electrons. The van der Waals surface area contributed by atoms with Gasteiger partial charge in [0.2, 0.25) is 0 Å². The van der Waals surface area contributed by atoms with Gasteiger partial charge in [-0.1, -0.05) is 18.2 Å². The van der Waals surface area contributed by atoms with Crippen LogP contribution in [0.2, 0.25) is 0 Å². The fraction of sp³-hybridized carbons (Fsp3) is 0.400. The molecule has 2 aromatic rings. The maximum Gasteiger partial charge on any atom is 0.252 e. The minimum Gasteiger partial charge on any atom is -0.357 e. The molecular weight excluding hydrogens is 362 g/mol. The number of carbonyl (C=O) groups is 1. The molecule has 1 aromatic heterocycles. The molecule has 0 atom stereocenters. The fourth-order valence-corrected chi connectivity index (χ4v) is 3.93. The van der Waals surface area contributed by atoms with E-state index in [2.05, 4.69) is 29.0 Å². The summed E-state index contributed by atoms with van der Waals surface area (Å²) in [6.07, 6.45) is 1.73. The van der Waals surface area contributed by atoms with Crippen LogP contribution in [0.25, 0.3) is 0 Å². The second-order valence-electron chi connectivity index (χ2n) is 6.47. The summed E-state index contributed by atoms with van der Waals surface area (Å²) in [7, 11) is -3.54. The van der Waals surface area contributed by atoms with Crippen molar-refractivity contribution in [1.29, 1.82) is 0 Å². The lowest BCUT2D eigenvalue weighted by Gasteiger charge is -2.19. The van der Waals surface area contributed by atoms with E-state index in [1.807, 2.05) is 12.1 Å². The highest BCUT2D eigenvalue weighted by molar-refractivity contribution is 7.92. The Morgan fingerprint density at radius 2 is 1.78 bits per heavy atom. The average Bonchev–Trinajstić information content (AvgIpc) is 2.68. The van der Waals surface area contributed by atoms with Gasteiger partial charge in [-0.2, -0.15) is 0 Å². The van der Waals surface area contributed by atoms with Gasteiger partial charge >= 0.3 is 0 Å². The predicted molar refractivity (Wildman–Crippen MR) is 108 cm³/mol. The smallest absolute Gasteiger partial charge is 0.252 e. The highest BCUT2D eigenvalue weighted by atomic mass is 32.2. The van der Waals surface area contributed by atoms with E-state index in [0.29, 0.717) is 0 Å². The summed E-state index contributed by atoms with van der Waals surface area (Å²) < 4.78 is 25.0. The zero-order chi connectivity index (χ0) is 20.0. The number of hydrogen-bond acceptors (Lipinski definition) is 5. The quantitative estimate of drug-likeness (QED) is 0.751. The lowest BCUT2D eigenvalue weighted by molar-refractivity contribution is 0.0947. The van der Waals surface area contributed by atoms with Crippen LogP contribution in [0.5, 0.6) is 0 Å². The normalized spacial score (nSPS) is 11.4. The summed E-state index contributed by atoms with van der Waals surface area (Å²) in [6.45, 7) is 9.38. The number of nitrogens with one attached hydrogen (secondary N) is 1. The number of amides is 1. The highest BCUT2D eigenvalue weighted by Crippen LogP contribution is 2.20. The van der Waals surface area contributed by atoms with Crippen LogP contribution in [-0.2, 0) is 16.4 Å². The van der Waals surface area contributed by atoms with Crippen molar-refractivity contribution in [2.75, 3.05) is 18.0 Å². The largest absolute Gasteiger partial charge is 0.357 e. The second-order valence-corrected chi connectivity index (χ2v) is 8.94. The van der Waals surface area contributed by atoms with Crippen LogP contribution in [0.1, 0.15) is 43.6 Å². The number of carbonyl (C=O) groups excluding carboxylic acids is 1. The zero-order valence-electron chi connectivity index (χ0n) is 16.3. The van der Waals surface area contributed by atoms with Gasteiger partial charge in [0.15, 0.2) is 9.84 Å². The molecule has 7 heteroatoms. The Bertz CT molecular complexity index is 874. The Balaban J connectivity index is 2.13. The molecule has 0 saturated carbocycles. The van der Waals surface area contributed by atoms with Crippen LogP contribution in [0.3, 0.4) is 0 Å².